The Morgan fingerprint density at radius 3 is 1.86 bits per heavy atom. The average Bonchev–Trinajstić information content (AvgIpc) is 3.73. The Hall–Kier alpha value is -6.75. The molecule has 4 aromatic rings. The first-order chi connectivity index (χ1) is 23.9. The van der Waals surface area contributed by atoms with Crippen molar-refractivity contribution in [1.29, 1.82) is 0 Å². The van der Waals surface area contributed by atoms with Gasteiger partial charge >= 0.3 is 0 Å². The van der Waals surface area contributed by atoms with Crippen LogP contribution < -0.4 is 37.7 Å². The van der Waals surface area contributed by atoms with Crippen molar-refractivity contribution in [3.63, 3.8) is 0 Å². The molecule has 0 unspecified atom stereocenters. The van der Waals surface area contributed by atoms with Crippen LogP contribution in [-0.2, 0) is 28.9 Å². The number of rotatable bonds is 15. The van der Waals surface area contributed by atoms with Crippen molar-refractivity contribution in [1.82, 2.24) is 25.8 Å². The number of non-ortho nitro benzene ring substituents is 1. The van der Waals surface area contributed by atoms with Crippen LogP contribution in [0, 0.1) is 10.1 Å². The van der Waals surface area contributed by atoms with Crippen LogP contribution in [0.25, 0.3) is 0 Å². The third-order valence-corrected chi connectivity index (χ3v) is 7.58. The Bertz CT molecular complexity index is 1850. The van der Waals surface area contributed by atoms with Gasteiger partial charge in [0.05, 0.1) is 25.4 Å². The number of carbonyl (C=O) groups is 4. The van der Waals surface area contributed by atoms with Gasteiger partial charge in [-0.2, -0.15) is 15.0 Å². The summed E-state index contributed by atoms with van der Waals surface area (Å²) in [4.78, 5) is 82.5. The van der Waals surface area contributed by atoms with E-state index in [4.69, 9.17) is 9.68 Å². The van der Waals surface area contributed by atoms with Gasteiger partial charge in [-0.15, -0.1) is 22.7 Å². The standard InChI is InChI=1S/C27H27N13O8S2/c1-13(41)28-16-11-19(49-12-16)22(39-48-4)24(44)35-37-27-32-25(30-15-5-7-17(8-6-15)40(45)46)31-26(33-27)36-34-23(43)21(38-47-3)18-9-10-20(50-18)29-14(2)42/h5-12H,1-4H3,(H,28,41)(H,29,42)(H,34,43)(H,35,44)(H3,30,31,32,33,36,37)/b38-21+,39-22-. The first-order valence-electron chi connectivity index (χ1n) is 13.8. The van der Waals surface area contributed by atoms with E-state index in [1.54, 1.807) is 17.5 Å². The molecule has 50 heavy (non-hydrogen) atoms. The summed E-state index contributed by atoms with van der Waals surface area (Å²) in [6.07, 6.45) is 0. The molecule has 0 atom stereocenters. The zero-order valence-corrected chi connectivity index (χ0v) is 28.0. The molecule has 3 aromatic heterocycles. The van der Waals surface area contributed by atoms with E-state index >= 15 is 0 Å². The topological polar surface area (TPSA) is 277 Å². The molecular weight excluding hydrogens is 699 g/mol. The van der Waals surface area contributed by atoms with Crippen molar-refractivity contribution in [3.05, 3.63) is 67.7 Å². The second-order valence-corrected chi connectivity index (χ2v) is 11.4. The monoisotopic (exact) mass is 725 g/mol. The van der Waals surface area contributed by atoms with Crippen LogP contribution in [0.2, 0.25) is 0 Å². The van der Waals surface area contributed by atoms with Gasteiger partial charge in [0.15, 0.2) is 11.4 Å². The lowest BCUT2D eigenvalue weighted by atomic mass is 10.3. The van der Waals surface area contributed by atoms with Crippen LogP contribution in [-0.4, -0.2) is 69.1 Å². The highest BCUT2D eigenvalue weighted by molar-refractivity contribution is 7.19. The molecule has 0 aliphatic rings. The minimum atomic E-state index is -0.772. The zero-order chi connectivity index (χ0) is 36.2. The fourth-order valence-corrected chi connectivity index (χ4v) is 5.45. The molecular formula is C27H27N13O8S2. The number of nitro benzene ring substituents is 1. The summed E-state index contributed by atoms with van der Waals surface area (Å²) in [5.41, 5.74) is 10.2. The molecule has 0 bridgehead atoms. The van der Waals surface area contributed by atoms with E-state index in [0.717, 1.165) is 22.7 Å². The Balaban J connectivity index is 1.55. The lowest BCUT2D eigenvalue weighted by Crippen LogP contribution is -2.38. The summed E-state index contributed by atoms with van der Waals surface area (Å²) >= 11 is 2.20. The van der Waals surface area contributed by atoms with E-state index in [-0.39, 0.29) is 46.8 Å². The first kappa shape index (κ1) is 36.1. The van der Waals surface area contributed by atoms with Crippen LogP contribution in [0.5, 0.6) is 0 Å². The maximum Gasteiger partial charge on any atom is 0.293 e. The lowest BCUT2D eigenvalue weighted by molar-refractivity contribution is -0.384. The van der Waals surface area contributed by atoms with E-state index in [0.29, 0.717) is 26.1 Å². The molecule has 0 fully saturated rings. The number of carbonyl (C=O) groups excluding carboxylic acids is 4. The number of hydrogen-bond acceptors (Lipinski definition) is 18. The Kier molecular flexibility index (Phi) is 12.2. The number of hydrogen-bond donors (Lipinski definition) is 7. The van der Waals surface area contributed by atoms with Crippen molar-refractivity contribution in [2.24, 2.45) is 10.3 Å². The fraction of sp³-hybridized carbons (Fsp3) is 0.148. The normalized spacial score (nSPS) is 11.1. The molecule has 260 valence electrons. The molecule has 0 saturated heterocycles. The number of oxime groups is 2. The number of nitro groups is 1. The number of anilines is 6. The highest BCUT2D eigenvalue weighted by atomic mass is 32.1. The van der Waals surface area contributed by atoms with Gasteiger partial charge in [-0.3, -0.25) is 51.0 Å². The minimum Gasteiger partial charge on any atom is -0.398 e. The molecule has 0 spiro atoms. The molecule has 23 heteroatoms. The quantitative estimate of drug-likeness (QED) is 0.0527. The number of benzene rings is 1. The molecule has 0 radical (unpaired) electrons. The molecule has 3 heterocycles. The van der Waals surface area contributed by atoms with E-state index in [1.807, 2.05) is 0 Å². The van der Waals surface area contributed by atoms with Crippen LogP contribution >= 0.6 is 22.7 Å². The number of nitrogens with zero attached hydrogens (tertiary/aromatic N) is 6. The predicted octanol–water partition coefficient (Wildman–Crippen LogP) is 2.55. The molecule has 4 amide bonds. The average molecular weight is 726 g/mol. The Morgan fingerprint density at radius 2 is 1.32 bits per heavy atom. The summed E-state index contributed by atoms with van der Waals surface area (Å²) in [5.74, 6) is -2.73. The van der Waals surface area contributed by atoms with Gasteiger partial charge in [0.25, 0.3) is 17.5 Å². The third kappa shape index (κ3) is 10.1. The van der Waals surface area contributed by atoms with Gasteiger partial charge in [-0.25, -0.2) is 0 Å². The molecule has 0 aliphatic heterocycles. The van der Waals surface area contributed by atoms with Crippen molar-refractivity contribution in [3.8, 4) is 0 Å². The highest BCUT2D eigenvalue weighted by Gasteiger charge is 2.21. The molecule has 0 saturated carbocycles. The second kappa shape index (κ2) is 16.9. The summed E-state index contributed by atoms with van der Waals surface area (Å²) in [6.45, 7) is 2.68. The van der Waals surface area contributed by atoms with Gasteiger partial charge in [0.1, 0.15) is 14.2 Å². The number of aromatic nitrogens is 3. The Labute approximate surface area is 289 Å². The van der Waals surface area contributed by atoms with E-state index in [1.165, 1.54) is 58.4 Å². The van der Waals surface area contributed by atoms with Gasteiger partial charge in [-0.05, 0) is 30.3 Å². The van der Waals surface area contributed by atoms with Crippen molar-refractivity contribution < 1.29 is 33.8 Å². The Morgan fingerprint density at radius 1 is 0.760 bits per heavy atom. The predicted molar refractivity (Wildman–Crippen MR) is 184 cm³/mol. The summed E-state index contributed by atoms with van der Waals surface area (Å²) in [7, 11) is 2.50. The lowest BCUT2D eigenvalue weighted by Gasteiger charge is -2.13. The van der Waals surface area contributed by atoms with Gasteiger partial charge in [0, 0.05) is 37.0 Å². The van der Waals surface area contributed by atoms with Crippen LogP contribution in [0.4, 0.5) is 39.9 Å². The minimum absolute atomic E-state index is 0.115. The van der Waals surface area contributed by atoms with Gasteiger partial charge in [0.2, 0.25) is 29.7 Å². The first-order valence-corrected chi connectivity index (χ1v) is 15.5. The summed E-state index contributed by atoms with van der Waals surface area (Å²) in [6, 6.07) is 10.0. The smallest absolute Gasteiger partial charge is 0.293 e. The molecule has 7 N–H and O–H groups in total. The van der Waals surface area contributed by atoms with E-state index < -0.39 is 16.7 Å². The highest BCUT2D eigenvalue weighted by Crippen LogP contribution is 2.24. The number of hydrazine groups is 2. The fourth-order valence-electron chi connectivity index (χ4n) is 3.70. The largest absolute Gasteiger partial charge is 0.398 e. The van der Waals surface area contributed by atoms with Crippen molar-refractivity contribution in [2.45, 2.75) is 13.8 Å². The number of nitrogens with one attached hydrogen (secondary N) is 7. The SMILES string of the molecule is CO/N=C(/C(=O)NNc1nc(NNC(=O)/C(=N\OC)c2cc(NC(C)=O)cs2)nc(Nc2ccc([N+](=O)[O-])cc2)n1)c1ccc(NC(C)=O)s1. The van der Waals surface area contributed by atoms with Gasteiger partial charge < -0.3 is 25.6 Å². The molecule has 4 rings (SSSR count). The molecule has 1 aromatic carbocycles. The van der Waals surface area contributed by atoms with Crippen LogP contribution in [0.1, 0.15) is 23.6 Å². The van der Waals surface area contributed by atoms with Crippen LogP contribution in [0.3, 0.4) is 0 Å². The maximum atomic E-state index is 13.1. The number of thiophene rings is 2. The number of amides is 4. The van der Waals surface area contributed by atoms with Crippen LogP contribution in [0.15, 0.2) is 58.2 Å². The summed E-state index contributed by atoms with van der Waals surface area (Å²) in [5, 5.41) is 28.8. The van der Waals surface area contributed by atoms with Gasteiger partial charge in [-0.1, -0.05) is 10.3 Å². The molecule has 0 aliphatic carbocycles. The molecule has 21 nitrogen and oxygen atoms in total. The maximum absolute atomic E-state index is 13.1. The summed E-state index contributed by atoms with van der Waals surface area (Å²) < 4.78 is 0. The zero-order valence-electron chi connectivity index (χ0n) is 26.4. The van der Waals surface area contributed by atoms with E-state index in [2.05, 4.69) is 62.9 Å². The second-order valence-electron chi connectivity index (χ2n) is 9.36. The van der Waals surface area contributed by atoms with E-state index in [9.17, 15) is 29.3 Å². The van der Waals surface area contributed by atoms with Crippen molar-refractivity contribution >= 4 is 97.6 Å². The third-order valence-electron chi connectivity index (χ3n) is 5.63. The van der Waals surface area contributed by atoms with Crippen molar-refractivity contribution in [2.75, 3.05) is 41.0 Å².